The number of anilines is 3. The molecule has 0 amide bonds. The molecule has 0 aliphatic heterocycles. The molecule has 0 unspecified atom stereocenters. The fraction of sp³-hybridized carbons (Fsp3) is 0.0323. The van der Waals surface area contributed by atoms with Crippen LogP contribution in [0.1, 0.15) is 27.8 Å². The number of fused-ring (bicyclic) bond motifs is 21. The highest BCUT2D eigenvalue weighted by Crippen LogP contribution is 2.67. The molecule has 0 saturated heterocycles. The van der Waals surface area contributed by atoms with Crippen LogP contribution in [0, 0.1) is 6.92 Å². The molecule has 0 fully saturated rings. The number of hydrogen-bond acceptors (Lipinski definition) is 3. The van der Waals surface area contributed by atoms with Crippen molar-refractivity contribution >= 4 is 82.7 Å². The maximum Gasteiger partial charge on any atom is 0.160 e. The highest BCUT2D eigenvalue weighted by molar-refractivity contribution is 6.26. The topological polar surface area (TPSA) is 34.5 Å². The third-order valence-corrected chi connectivity index (χ3v) is 14.6. The average Bonchev–Trinajstić information content (AvgIpc) is 4.17. The summed E-state index contributed by atoms with van der Waals surface area (Å²) in [4.78, 5) is 2.47. The van der Waals surface area contributed by atoms with Gasteiger partial charge in [-0.1, -0.05) is 151 Å². The molecule has 0 radical (unpaired) electrons. The molecular weight excluding hydrogens is 805 g/mol. The number of benzene rings is 10. The van der Waals surface area contributed by atoms with Gasteiger partial charge in [-0.3, -0.25) is 0 Å². The van der Waals surface area contributed by atoms with Gasteiger partial charge in [0, 0.05) is 43.7 Å². The fourth-order valence-corrected chi connectivity index (χ4v) is 12.1. The van der Waals surface area contributed by atoms with Crippen molar-refractivity contribution < 1.29 is 8.83 Å². The van der Waals surface area contributed by atoms with Gasteiger partial charge in [0.05, 0.1) is 27.8 Å². The van der Waals surface area contributed by atoms with Crippen molar-refractivity contribution in [1.29, 1.82) is 0 Å². The summed E-state index contributed by atoms with van der Waals surface area (Å²) in [5.74, 6) is 0. The lowest BCUT2D eigenvalue weighted by Crippen LogP contribution is -2.26. The normalized spacial score (nSPS) is 13.3. The van der Waals surface area contributed by atoms with Gasteiger partial charge in [0.2, 0.25) is 0 Å². The lowest BCUT2D eigenvalue weighted by molar-refractivity contribution is 0.668. The summed E-state index contributed by atoms with van der Waals surface area (Å²) in [5, 5.41) is 6.79. The number of nitrogens with zero attached hydrogens (tertiary/aromatic N) is 2. The number of aryl methyl sites for hydroxylation is 1. The van der Waals surface area contributed by atoms with Crippen LogP contribution in [0.25, 0.3) is 93.6 Å². The van der Waals surface area contributed by atoms with Gasteiger partial charge in [-0.25, -0.2) is 0 Å². The van der Waals surface area contributed by atoms with E-state index in [-0.39, 0.29) is 0 Å². The Balaban J connectivity index is 1.16. The minimum Gasteiger partial charge on any atom is -0.456 e. The highest BCUT2D eigenvalue weighted by atomic mass is 16.3. The summed E-state index contributed by atoms with van der Waals surface area (Å²) in [6.45, 7) is 2.16. The summed E-state index contributed by atoms with van der Waals surface area (Å²) >= 11 is 0. The number of furan rings is 2. The second kappa shape index (κ2) is 13.0. The first-order chi connectivity index (χ1) is 32.7. The molecule has 10 aromatic carbocycles. The third kappa shape index (κ3) is 4.48. The summed E-state index contributed by atoms with van der Waals surface area (Å²) in [6, 6.07) is 77.5. The number of aromatic nitrogens is 1. The molecule has 0 saturated carbocycles. The van der Waals surface area contributed by atoms with Crippen LogP contribution in [0.4, 0.5) is 17.1 Å². The van der Waals surface area contributed by atoms with Crippen molar-refractivity contribution in [3.63, 3.8) is 0 Å². The molecule has 0 N–H and O–H groups in total. The van der Waals surface area contributed by atoms with E-state index in [9.17, 15) is 0 Å². The van der Waals surface area contributed by atoms with Crippen molar-refractivity contribution in [1.82, 2.24) is 4.57 Å². The molecule has 0 bridgehead atoms. The van der Waals surface area contributed by atoms with E-state index in [1.165, 1.54) is 60.8 Å². The predicted octanol–water partition coefficient (Wildman–Crippen LogP) is 16.7. The maximum absolute atomic E-state index is 7.35. The monoisotopic (exact) mass is 842 g/mol. The van der Waals surface area contributed by atoms with Crippen LogP contribution < -0.4 is 4.90 Å². The quantitative estimate of drug-likeness (QED) is 0.177. The molecular formula is C62H38N2O2. The third-order valence-electron chi connectivity index (χ3n) is 14.6. The highest BCUT2D eigenvalue weighted by Gasteiger charge is 2.53. The van der Waals surface area contributed by atoms with E-state index in [0.29, 0.717) is 0 Å². The fourth-order valence-electron chi connectivity index (χ4n) is 12.1. The first-order valence-corrected chi connectivity index (χ1v) is 22.8. The van der Waals surface area contributed by atoms with Gasteiger partial charge in [0.1, 0.15) is 16.7 Å². The zero-order chi connectivity index (χ0) is 43.3. The van der Waals surface area contributed by atoms with Gasteiger partial charge < -0.3 is 18.3 Å². The predicted molar refractivity (Wildman–Crippen MR) is 271 cm³/mol. The summed E-state index contributed by atoms with van der Waals surface area (Å²) in [5.41, 5.74) is 20.5. The number of para-hydroxylation sites is 4. The van der Waals surface area contributed by atoms with E-state index in [4.69, 9.17) is 8.83 Å². The zero-order valence-electron chi connectivity index (χ0n) is 35.9. The van der Waals surface area contributed by atoms with Crippen LogP contribution in [0.3, 0.4) is 0 Å². The van der Waals surface area contributed by atoms with E-state index in [2.05, 4.69) is 229 Å². The second-order valence-electron chi connectivity index (χ2n) is 18.0. The van der Waals surface area contributed by atoms with Crippen molar-refractivity contribution in [2.45, 2.75) is 12.3 Å². The zero-order valence-corrected chi connectivity index (χ0v) is 35.9. The molecule has 15 rings (SSSR count). The van der Waals surface area contributed by atoms with E-state index in [1.54, 1.807) is 0 Å². The Kier molecular flexibility index (Phi) is 7.05. The molecule has 13 aromatic rings. The second-order valence-corrected chi connectivity index (χ2v) is 18.0. The van der Waals surface area contributed by atoms with Crippen molar-refractivity contribution in [2.24, 2.45) is 0 Å². The van der Waals surface area contributed by atoms with Crippen molar-refractivity contribution in [3.05, 3.63) is 240 Å². The average molecular weight is 843 g/mol. The van der Waals surface area contributed by atoms with Crippen molar-refractivity contribution in [2.75, 3.05) is 4.90 Å². The SMILES string of the molecule is Cc1ccc(N(c2cc3c(c4c2oc2ccccc24)-c2c(ccc4oc5ccccc5c24)C32c3ccccc3-c3ccccc32)c2cccc3c2c2ccccc2n3-c2ccccc2)cc1. The summed E-state index contributed by atoms with van der Waals surface area (Å²) < 4.78 is 16.5. The molecule has 1 spiro atoms. The Labute approximate surface area is 379 Å². The van der Waals surface area contributed by atoms with Gasteiger partial charge in [0.15, 0.2) is 5.58 Å². The summed E-state index contributed by atoms with van der Waals surface area (Å²) in [7, 11) is 0. The molecule has 3 heterocycles. The molecule has 4 heteroatoms. The minimum absolute atomic E-state index is 0.653. The number of rotatable bonds is 4. The van der Waals surface area contributed by atoms with E-state index < -0.39 is 5.41 Å². The van der Waals surface area contributed by atoms with Crippen LogP contribution in [-0.4, -0.2) is 4.57 Å². The first kappa shape index (κ1) is 35.8. The lowest BCUT2D eigenvalue weighted by atomic mass is 9.70. The number of hydrogen-bond donors (Lipinski definition) is 0. The van der Waals surface area contributed by atoms with Crippen molar-refractivity contribution in [3.8, 4) is 27.9 Å². The van der Waals surface area contributed by atoms with Gasteiger partial charge in [0.25, 0.3) is 0 Å². The Hall–Kier alpha value is -8.60. The first-order valence-electron chi connectivity index (χ1n) is 22.8. The molecule has 308 valence electrons. The van der Waals surface area contributed by atoms with Gasteiger partial charge in [-0.15, -0.1) is 0 Å². The van der Waals surface area contributed by atoms with E-state index in [1.807, 2.05) is 0 Å². The molecule has 4 nitrogen and oxygen atoms in total. The summed E-state index contributed by atoms with van der Waals surface area (Å²) in [6.07, 6.45) is 0. The molecule has 0 atom stereocenters. The Morgan fingerprint density at radius 2 is 1.02 bits per heavy atom. The van der Waals surface area contributed by atoms with Crippen LogP contribution in [0.15, 0.2) is 221 Å². The van der Waals surface area contributed by atoms with Crippen LogP contribution in [0.5, 0.6) is 0 Å². The van der Waals surface area contributed by atoms with Crippen LogP contribution >= 0.6 is 0 Å². The molecule has 2 aliphatic carbocycles. The standard InChI is InChI=1S/C62H38N2O2/c1-37-30-32-39(33-31-37)64(51-27-15-26-50-56(51)42-20-7-12-25-49(42)63(50)38-16-3-2-4-17-38)52-36-48-60(58-44-22-9-14-29-54(44)66-61(52)58)59-47(34-35-55-57(59)43-21-8-13-28-53(43)65-55)62(48)45-23-10-5-18-40(45)41-19-6-11-24-46(41)62/h2-36H,1H3. The Morgan fingerprint density at radius 1 is 0.409 bits per heavy atom. The van der Waals surface area contributed by atoms with Gasteiger partial charge in [-0.05, 0) is 118 Å². The maximum atomic E-state index is 7.35. The minimum atomic E-state index is -0.653. The largest absolute Gasteiger partial charge is 0.456 e. The lowest BCUT2D eigenvalue weighted by Gasteiger charge is -2.32. The van der Waals surface area contributed by atoms with E-state index in [0.717, 1.165) is 77.7 Å². The Morgan fingerprint density at radius 3 is 1.77 bits per heavy atom. The van der Waals surface area contributed by atoms with Gasteiger partial charge in [-0.2, -0.15) is 0 Å². The molecule has 2 aliphatic rings. The van der Waals surface area contributed by atoms with Gasteiger partial charge >= 0.3 is 0 Å². The van der Waals surface area contributed by atoms with Crippen LogP contribution in [0.2, 0.25) is 0 Å². The van der Waals surface area contributed by atoms with E-state index >= 15 is 0 Å². The smallest absolute Gasteiger partial charge is 0.160 e. The molecule has 3 aromatic heterocycles. The molecule has 66 heavy (non-hydrogen) atoms. The van der Waals surface area contributed by atoms with Crippen LogP contribution in [-0.2, 0) is 5.41 Å². The Bertz CT molecular complexity index is 4140.